The second kappa shape index (κ2) is 8.39. The highest BCUT2D eigenvalue weighted by Crippen LogP contribution is 2.26. The summed E-state index contributed by atoms with van der Waals surface area (Å²) in [6, 6.07) is 10.6. The van der Waals surface area contributed by atoms with E-state index < -0.39 is 6.10 Å². The molecule has 28 heavy (non-hydrogen) atoms. The molecule has 2 aromatic rings. The molecular weight excluding hydrogens is 356 g/mol. The minimum absolute atomic E-state index is 0.168. The summed E-state index contributed by atoms with van der Waals surface area (Å²) < 4.78 is 5.40. The zero-order valence-corrected chi connectivity index (χ0v) is 15.7. The van der Waals surface area contributed by atoms with Crippen molar-refractivity contribution in [3.8, 4) is 0 Å². The van der Waals surface area contributed by atoms with Crippen LogP contribution in [0.1, 0.15) is 36.0 Å². The third kappa shape index (κ3) is 4.14. The molecule has 2 aliphatic heterocycles. The van der Waals surface area contributed by atoms with E-state index in [4.69, 9.17) is 4.74 Å². The number of hydrogen-bond acceptors (Lipinski definition) is 5. The molecule has 3 heterocycles. The number of carbonyl (C=O) groups is 2. The van der Waals surface area contributed by atoms with Crippen LogP contribution in [-0.2, 0) is 9.53 Å². The summed E-state index contributed by atoms with van der Waals surface area (Å²) in [5.41, 5.74) is 1.75. The van der Waals surface area contributed by atoms with Gasteiger partial charge in [0.25, 0.3) is 11.8 Å². The predicted molar refractivity (Wildman–Crippen MR) is 108 cm³/mol. The van der Waals surface area contributed by atoms with Crippen LogP contribution in [0.5, 0.6) is 0 Å². The molecule has 0 unspecified atom stereocenters. The Kier molecular flexibility index (Phi) is 5.53. The van der Waals surface area contributed by atoms with Crippen LogP contribution in [0, 0.1) is 0 Å². The zero-order chi connectivity index (χ0) is 19.3. The van der Waals surface area contributed by atoms with Crippen molar-refractivity contribution >= 4 is 29.0 Å². The molecule has 0 bridgehead atoms. The molecule has 7 nitrogen and oxygen atoms in total. The van der Waals surface area contributed by atoms with E-state index in [1.54, 1.807) is 30.5 Å². The SMILES string of the molecule is O=C(Nc1cccnc1N1CCCC1)c1cccc(NC(=O)[C@H]2CCCO2)c1. The molecule has 0 aliphatic carbocycles. The fourth-order valence-electron chi connectivity index (χ4n) is 3.62. The van der Waals surface area contributed by atoms with Gasteiger partial charge in [-0.15, -0.1) is 0 Å². The minimum Gasteiger partial charge on any atom is -0.368 e. The molecule has 1 aromatic heterocycles. The van der Waals surface area contributed by atoms with Crippen molar-refractivity contribution in [1.82, 2.24) is 4.98 Å². The van der Waals surface area contributed by atoms with E-state index in [0.717, 1.165) is 44.6 Å². The lowest BCUT2D eigenvalue weighted by Gasteiger charge is -2.20. The maximum atomic E-state index is 12.8. The van der Waals surface area contributed by atoms with Crippen LogP contribution in [0.4, 0.5) is 17.2 Å². The number of nitrogens with one attached hydrogen (secondary N) is 2. The summed E-state index contributed by atoms with van der Waals surface area (Å²) in [6.07, 6.45) is 5.23. The van der Waals surface area contributed by atoms with Crippen molar-refractivity contribution in [1.29, 1.82) is 0 Å². The summed E-state index contributed by atoms with van der Waals surface area (Å²) >= 11 is 0. The number of carbonyl (C=O) groups excluding carboxylic acids is 2. The lowest BCUT2D eigenvalue weighted by atomic mass is 10.1. The molecule has 0 radical (unpaired) electrons. The predicted octanol–water partition coefficient (Wildman–Crippen LogP) is 3.05. The molecule has 7 heteroatoms. The molecule has 2 aliphatic rings. The van der Waals surface area contributed by atoms with Gasteiger partial charge in [-0.3, -0.25) is 9.59 Å². The number of hydrogen-bond donors (Lipinski definition) is 2. The maximum absolute atomic E-state index is 12.8. The summed E-state index contributed by atoms with van der Waals surface area (Å²) in [4.78, 5) is 31.6. The number of rotatable bonds is 5. The van der Waals surface area contributed by atoms with Gasteiger partial charge < -0.3 is 20.3 Å². The van der Waals surface area contributed by atoms with E-state index in [-0.39, 0.29) is 11.8 Å². The first-order chi connectivity index (χ1) is 13.7. The van der Waals surface area contributed by atoms with E-state index >= 15 is 0 Å². The van der Waals surface area contributed by atoms with Crippen molar-refractivity contribution in [2.75, 3.05) is 35.2 Å². The van der Waals surface area contributed by atoms with Gasteiger partial charge in [0.05, 0.1) is 5.69 Å². The fourth-order valence-corrected chi connectivity index (χ4v) is 3.62. The van der Waals surface area contributed by atoms with Crippen LogP contribution in [0.15, 0.2) is 42.6 Å². The van der Waals surface area contributed by atoms with Crippen molar-refractivity contribution in [2.45, 2.75) is 31.8 Å². The Labute approximate surface area is 164 Å². The summed E-state index contributed by atoms with van der Waals surface area (Å²) in [6.45, 7) is 2.51. The average Bonchev–Trinajstić information content (AvgIpc) is 3.43. The molecule has 2 N–H and O–H groups in total. The number of anilines is 3. The highest BCUT2D eigenvalue weighted by molar-refractivity contribution is 6.06. The van der Waals surface area contributed by atoms with Crippen LogP contribution >= 0.6 is 0 Å². The van der Waals surface area contributed by atoms with Crippen molar-refractivity contribution < 1.29 is 14.3 Å². The third-order valence-electron chi connectivity index (χ3n) is 5.05. The zero-order valence-electron chi connectivity index (χ0n) is 15.7. The Morgan fingerprint density at radius 3 is 2.71 bits per heavy atom. The Bertz CT molecular complexity index is 858. The lowest BCUT2D eigenvalue weighted by molar-refractivity contribution is -0.124. The lowest BCUT2D eigenvalue weighted by Crippen LogP contribution is -2.27. The first kappa shape index (κ1) is 18.4. The van der Waals surface area contributed by atoms with E-state index in [1.165, 1.54) is 0 Å². The van der Waals surface area contributed by atoms with E-state index in [9.17, 15) is 9.59 Å². The fraction of sp³-hybridized carbons (Fsp3) is 0.381. The summed E-state index contributed by atoms with van der Waals surface area (Å²) in [5, 5.41) is 5.79. The summed E-state index contributed by atoms with van der Waals surface area (Å²) in [5.74, 6) is 0.400. The second-order valence-electron chi connectivity index (χ2n) is 7.09. The Morgan fingerprint density at radius 1 is 1.07 bits per heavy atom. The highest BCUT2D eigenvalue weighted by atomic mass is 16.5. The first-order valence-electron chi connectivity index (χ1n) is 9.74. The molecule has 1 aromatic carbocycles. The van der Waals surface area contributed by atoms with Gasteiger partial charge in [-0.25, -0.2) is 4.98 Å². The molecule has 2 amide bonds. The summed E-state index contributed by atoms with van der Waals surface area (Å²) in [7, 11) is 0. The molecule has 2 fully saturated rings. The molecule has 0 saturated carbocycles. The largest absolute Gasteiger partial charge is 0.368 e. The highest BCUT2D eigenvalue weighted by Gasteiger charge is 2.24. The minimum atomic E-state index is -0.407. The van der Waals surface area contributed by atoms with Crippen LogP contribution in [-0.4, -0.2) is 42.6 Å². The van der Waals surface area contributed by atoms with Gasteiger partial charge in [0, 0.05) is 37.1 Å². The van der Waals surface area contributed by atoms with Gasteiger partial charge in [0.1, 0.15) is 6.10 Å². The van der Waals surface area contributed by atoms with Crippen molar-refractivity contribution in [2.24, 2.45) is 0 Å². The molecule has 146 valence electrons. The first-order valence-corrected chi connectivity index (χ1v) is 9.74. The second-order valence-corrected chi connectivity index (χ2v) is 7.09. The standard InChI is InChI=1S/C21H24N4O3/c26-20(24-17-8-4-10-22-19(17)25-11-1-2-12-25)15-6-3-7-16(14-15)23-21(27)18-9-5-13-28-18/h3-4,6-8,10,14,18H,1-2,5,9,11-13H2,(H,23,27)(H,24,26)/t18-/m1/s1. The van der Waals surface area contributed by atoms with Gasteiger partial charge in [0.15, 0.2) is 5.82 Å². The van der Waals surface area contributed by atoms with E-state index in [2.05, 4.69) is 20.5 Å². The van der Waals surface area contributed by atoms with Crippen LogP contribution in [0.25, 0.3) is 0 Å². The number of benzene rings is 1. The van der Waals surface area contributed by atoms with Gasteiger partial charge >= 0.3 is 0 Å². The van der Waals surface area contributed by atoms with Gasteiger partial charge in [-0.2, -0.15) is 0 Å². The Morgan fingerprint density at radius 2 is 1.93 bits per heavy atom. The Hall–Kier alpha value is -2.93. The Balaban J connectivity index is 1.46. The molecule has 4 rings (SSSR count). The molecular formula is C21H24N4O3. The number of pyridine rings is 1. The normalized spacial score (nSPS) is 18.9. The molecule has 0 spiro atoms. The number of nitrogens with zero attached hydrogens (tertiary/aromatic N) is 2. The van der Waals surface area contributed by atoms with Gasteiger partial charge in [-0.1, -0.05) is 6.07 Å². The van der Waals surface area contributed by atoms with E-state index in [1.807, 2.05) is 12.1 Å². The van der Waals surface area contributed by atoms with Crippen molar-refractivity contribution in [3.05, 3.63) is 48.2 Å². The topological polar surface area (TPSA) is 83.6 Å². The average molecular weight is 380 g/mol. The van der Waals surface area contributed by atoms with Gasteiger partial charge in [0.2, 0.25) is 0 Å². The number of amides is 2. The monoisotopic (exact) mass is 380 g/mol. The van der Waals surface area contributed by atoms with Crippen molar-refractivity contribution in [3.63, 3.8) is 0 Å². The number of aromatic nitrogens is 1. The van der Waals surface area contributed by atoms with Gasteiger partial charge in [-0.05, 0) is 56.0 Å². The maximum Gasteiger partial charge on any atom is 0.255 e. The number of ether oxygens (including phenoxy) is 1. The smallest absolute Gasteiger partial charge is 0.255 e. The van der Waals surface area contributed by atoms with Crippen LogP contribution < -0.4 is 15.5 Å². The van der Waals surface area contributed by atoms with Crippen LogP contribution in [0.3, 0.4) is 0 Å². The quantitative estimate of drug-likeness (QED) is 0.833. The third-order valence-corrected chi connectivity index (χ3v) is 5.05. The van der Waals surface area contributed by atoms with Crippen LogP contribution in [0.2, 0.25) is 0 Å². The van der Waals surface area contributed by atoms with E-state index in [0.29, 0.717) is 23.5 Å². The molecule has 2 saturated heterocycles. The molecule has 1 atom stereocenters.